The van der Waals surface area contributed by atoms with Gasteiger partial charge in [0.15, 0.2) is 5.82 Å². The van der Waals surface area contributed by atoms with E-state index in [9.17, 15) is 9.90 Å². The van der Waals surface area contributed by atoms with E-state index in [0.29, 0.717) is 22.6 Å². The Morgan fingerprint density at radius 2 is 1.76 bits per heavy atom. The molecule has 6 aromatic rings. The number of aromatic carboxylic acids is 1. The molecule has 1 atom stereocenters. The minimum absolute atomic E-state index is 0.0224. The SMILES string of the molecule is O=C(O)c1ccc(-c2cnn(C(c3ccc(-c4c(-n5ccnn5)ccc(Cl)c4F)cn3)c3cn(C4CCNCC4)nn3)c2)cc1. The van der Waals surface area contributed by atoms with Gasteiger partial charge in [0, 0.05) is 29.1 Å². The lowest BCUT2D eigenvalue weighted by Gasteiger charge is -2.22. The monoisotopic (exact) mass is 624 g/mol. The molecule has 14 heteroatoms. The number of pyridine rings is 1. The summed E-state index contributed by atoms with van der Waals surface area (Å²) in [6.07, 6.45) is 12.1. The zero-order valence-corrected chi connectivity index (χ0v) is 24.5. The summed E-state index contributed by atoms with van der Waals surface area (Å²) in [5.74, 6) is -1.58. The summed E-state index contributed by atoms with van der Waals surface area (Å²) in [6.45, 7) is 1.82. The van der Waals surface area contributed by atoms with Crippen LogP contribution in [0.1, 0.15) is 46.7 Å². The number of nitrogens with one attached hydrogen (secondary N) is 1. The van der Waals surface area contributed by atoms with Crippen LogP contribution in [0.4, 0.5) is 4.39 Å². The smallest absolute Gasteiger partial charge is 0.335 e. The molecule has 12 nitrogen and oxygen atoms in total. The van der Waals surface area contributed by atoms with E-state index >= 15 is 4.39 Å². The highest BCUT2D eigenvalue weighted by molar-refractivity contribution is 6.31. The number of carboxylic acids is 1. The number of nitrogens with zero attached hydrogens (tertiary/aromatic N) is 9. The van der Waals surface area contributed by atoms with E-state index in [1.54, 1.807) is 65.7 Å². The van der Waals surface area contributed by atoms with Crippen molar-refractivity contribution in [1.29, 1.82) is 0 Å². The van der Waals surface area contributed by atoms with E-state index in [4.69, 9.17) is 16.6 Å². The Kier molecular flexibility index (Phi) is 7.61. The summed E-state index contributed by atoms with van der Waals surface area (Å²) >= 11 is 6.18. The van der Waals surface area contributed by atoms with Crippen LogP contribution in [0.3, 0.4) is 0 Å². The number of halogens is 2. The third-order valence-electron chi connectivity index (χ3n) is 7.92. The minimum Gasteiger partial charge on any atom is -0.478 e. The molecule has 0 bridgehead atoms. The molecular weight excluding hydrogens is 599 g/mol. The first-order chi connectivity index (χ1) is 22.0. The standard InChI is InChI=1S/C31H26ClFN10O2/c32-24-6-8-27(41-14-13-36-39-41)28(29(24)33)21-5-7-25(35-15-21)30(26-18-42(40-38-26)23-9-11-34-12-10-23)43-17-22(16-37-43)19-1-3-20(4-2-19)31(44)45/h1-8,13-18,23,30,34H,9-12H2,(H,44,45). The molecule has 1 fully saturated rings. The summed E-state index contributed by atoms with van der Waals surface area (Å²) in [4.78, 5) is 16.1. The molecule has 45 heavy (non-hydrogen) atoms. The lowest BCUT2D eigenvalue weighted by Crippen LogP contribution is -2.29. The Bertz CT molecular complexity index is 1950. The van der Waals surface area contributed by atoms with Gasteiger partial charge in [0.2, 0.25) is 0 Å². The van der Waals surface area contributed by atoms with Crippen molar-refractivity contribution in [3.63, 3.8) is 0 Å². The number of benzene rings is 2. The van der Waals surface area contributed by atoms with Crippen LogP contribution >= 0.6 is 11.6 Å². The first kappa shape index (κ1) is 28.5. The molecule has 0 spiro atoms. The fraction of sp³-hybridized carbons (Fsp3) is 0.194. The molecule has 4 aromatic heterocycles. The summed E-state index contributed by atoms with van der Waals surface area (Å²) < 4.78 is 20.6. The van der Waals surface area contributed by atoms with Crippen LogP contribution in [0, 0.1) is 5.82 Å². The van der Waals surface area contributed by atoms with E-state index in [1.807, 2.05) is 17.1 Å². The van der Waals surface area contributed by atoms with Gasteiger partial charge in [-0.3, -0.25) is 9.67 Å². The first-order valence-corrected chi connectivity index (χ1v) is 14.7. The number of hydrogen-bond acceptors (Lipinski definition) is 8. The molecule has 1 saturated heterocycles. The van der Waals surface area contributed by atoms with Crippen molar-refractivity contribution >= 4 is 17.6 Å². The molecule has 1 unspecified atom stereocenters. The van der Waals surface area contributed by atoms with Crippen molar-refractivity contribution in [3.05, 3.63) is 114 Å². The fourth-order valence-electron chi connectivity index (χ4n) is 5.58. The average molecular weight is 625 g/mol. The van der Waals surface area contributed by atoms with Gasteiger partial charge in [0.05, 0.1) is 52.8 Å². The van der Waals surface area contributed by atoms with Crippen LogP contribution < -0.4 is 5.32 Å². The predicted octanol–water partition coefficient (Wildman–Crippen LogP) is 4.84. The molecule has 2 aromatic carbocycles. The highest BCUT2D eigenvalue weighted by atomic mass is 35.5. The number of rotatable bonds is 8. The Morgan fingerprint density at radius 3 is 2.47 bits per heavy atom. The molecule has 226 valence electrons. The van der Waals surface area contributed by atoms with Gasteiger partial charge in [-0.2, -0.15) is 5.10 Å². The summed E-state index contributed by atoms with van der Waals surface area (Å²) in [5, 5.41) is 34.2. The van der Waals surface area contributed by atoms with E-state index in [0.717, 1.165) is 37.1 Å². The number of aromatic nitrogens is 9. The normalized spacial score (nSPS) is 14.4. The summed E-state index contributed by atoms with van der Waals surface area (Å²) in [7, 11) is 0. The Morgan fingerprint density at radius 1 is 0.956 bits per heavy atom. The molecular formula is C31H26ClFN10O2. The van der Waals surface area contributed by atoms with E-state index in [-0.39, 0.29) is 22.2 Å². The third-order valence-corrected chi connectivity index (χ3v) is 8.21. The van der Waals surface area contributed by atoms with Crippen LogP contribution in [-0.4, -0.2) is 68.9 Å². The van der Waals surface area contributed by atoms with E-state index in [2.05, 4.69) is 31.0 Å². The molecule has 0 saturated carbocycles. The Hall–Kier alpha value is -5.27. The van der Waals surface area contributed by atoms with Gasteiger partial charge in [-0.05, 0) is 61.8 Å². The number of piperidine rings is 1. The molecule has 1 aliphatic rings. The van der Waals surface area contributed by atoms with Crippen molar-refractivity contribution in [3.8, 4) is 27.9 Å². The lowest BCUT2D eigenvalue weighted by molar-refractivity contribution is 0.0697. The highest BCUT2D eigenvalue weighted by Crippen LogP contribution is 2.35. The van der Waals surface area contributed by atoms with Gasteiger partial charge in [-0.25, -0.2) is 18.5 Å². The van der Waals surface area contributed by atoms with Crippen molar-refractivity contribution in [2.75, 3.05) is 13.1 Å². The Balaban J connectivity index is 1.28. The lowest BCUT2D eigenvalue weighted by atomic mass is 10.0. The van der Waals surface area contributed by atoms with Crippen LogP contribution in [-0.2, 0) is 0 Å². The second-order valence-electron chi connectivity index (χ2n) is 10.7. The largest absolute Gasteiger partial charge is 0.478 e. The van der Waals surface area contributed by atoms with Crippen molar-refractivity contribution in [2.24, 2.45) is 0 Å². The molecule has 5 heterocycles. The predicted molar refractivity (Wildman–Crippen MR) is 163 cm³/mol. The van der Waals surface area contributed by atoms with Crippen molar-refractivity contribution in [1.82, 2.24) is 50.1 Å². The summed E-state index contributed by atoms with van der Waals surface area (Å²) in [5.41, 5.74) is 4.26. The van der Waals surface area contributed by atoms with Gasteiger partial charge in [-0.1, -0.05) is 40.2 Å². The molecule has 2 N–H and O–H groups in total. The van der Waals surface area contributed by atoms with Crippen LogP contribution in [0.25, 0.3) is 27.9 Å². The maximum Gasteiger partial charge on any atom is 0.335 e. The van der Waals surface area contributed by atoms with Crippen molar-refractivity contribution in [2.45, 2.75) is 24.9 Å². The molecule has 0 radical (unpaired) electrons. The molecule has 0 aliphatic carbocycles. The van der Waals surface area contributed by atoms with Crippen LogP contribution in [0.5, 0.6) is 0 Å². The first-order valence-electron chi connectivity index (χ1n) is 14.3. The topological polar surface area (TPSA) is 141 Å². The second kappa shape index (κ2) is 12.0. The Labute approximate surface area is 261 Å². The zero-order valence-electron chi connectivity index (χ0n) is 23.7. The summed E-state index contributed by atoms with van der Waals surface area (Å²) in [6, 6.07) is 13.0. The van der Waals surface area contributed by atoms with Gasteiger partial charge in [0.1, 0.15) is 11.7 Å². The van der Waals surface area contributed by atoms with E-state index < -0.39 is 17.8 Å². The second-order valence-corrected chi connectivity index (χ2v) is 11.1. The minimum atomic E-state index is -0.991. The maximum atomic E-state index is 15.4. The fourth-order valence-corrected chi connectivity index (χ4v) is 5.74. The van der Waals surface area contributed by atoms with Crippen LogP contribution in [0.15, 0.2) is 85.7 Å². The maximum absolute atomic E-state index is 15.4. The van der Waals surface area contributed by atoms with Crippen LogP contribution in [0.2, 0.25) is 5.02 Å². The van der Waals surface area contributed by atoms with Crippen molar-refractivity contribution < 1.29 is 14.3 Å². The quantitative estimate of drug-likeness (QED) is 0.243. The van der Waals surface area contributed by atoms with Gasteiger partial charge < -0.3 is 10.4 Å². The van der Waals surface area contributed by atoms with Gasteiger partial charge in [-0.15, -0.1) is 10.2 Å². The number of carbonyl (C=O) groups is 1. The number of carboxylic acid groups (broad SMARTS) is 1. The number of hydrogen-bond donors (Lipinski definition) is 2. The molecule has 1 aliphatic heterocycles. The third kappa shape index (κ3) is 5.58. The molecule has 0 amide bonds. The van der Waals surface area contributed by atoms with Gasteiger partial charge in [0.25, 0.3) is 0 Å². The van der Waals surface area contributed by atoms with E-state index in [1.165, 1.54) is 16.9 Å². The zero-order chi connectivity index (χ0) is 30.9. The van der Waals surface area contributed by atoms with Gasteiger partial charge >= 0.3 is 5.97 Å². The highest BCUT2D eigenvalue weighted by Gasteiger charge is 2.26. The molecule has 7 rings (SSSR count). The average Bonchev–Trinajstić information content (AvgIpc) is 3.87.